The third-order valence-corrected chi connectivity index (χ3v) is 2.33. The fourth-order valence-electron chi connectivity index (χ4n) is 0.605. The SMILES string of the molecule is C=CSC(C)OC(C)SC=C. The molecule has 0 bridgehead atoms. The lowest BCUT2D eigenvalue weighted by Crippen LogP contribution is -2.09. The highest BCUT2D eigenvalue weighted by molar-refractivity contribution is 8.03. The smallest absolute Gasteiger partial charge is 0.105 e. The van der Waals surface area contributed by atoms with E-state index in [1.54, 1.807) is 34.3 Å². The van der Waals surface area contributed by atoms with Crippen molar-refractivity contribution in [2.75, 3.05) is 0 Å². The minimum absolute atomic E-state index is 0.176. The summed E-state index contributed by atoms with van der Waals surface area (Å²) < 4.78 is 5.51. The van der Waals surface area contributed by atoms with Crippen molar-refractivity contribution < 1.29 is 4.74 Å². The summed E-state index contributed by atoms with van der Waals surface area (Å²) in [4.78, 5) is 0. The summed E-state index contributed by atoms with van der Waals surface area (Å²) in [6, 6.07) is 0. The molecule has 3 heteroatoms. The highest BCUT2D eigenvalue weighted by Crippen LogP contribution is 2.19. The van der Waals surface area contributed by atoms with Gasteiger partial charge in [-0.3, -0.25) is 0 Å². The minimum atomic E-state index is 0.176. The molecule has 64 valence electrons. The van der Waals surface area contributed by atoms with E-state index < -0.39 is 0 Å². The van der Waals surface area contributed by atoms with E-state index in [1.165, 1.54) is 0 Å². The predicted molar refractivity (Wildman–Crippen MR) is 55.6 cm³/mol. The van der Waals surface area contributed by atoms with E-state index in [1.807, 2.05) is 13.8 Å². The molecule has 1 nitrogen and oxygen atoms in total. The number of ether oxygens (including phenoxy) is 1. The van der Waals surface area contributed by atoms with Crippen LogP contribution in [0.15, 0.2) is 24.0 Å². The van der Waals surface area contributed by atoms with Crippen LogP contribution in [0, 0.1) is 0 Å². The monoisotopic (exact) mass is 190 g/mol. The van der Waals surface area contributed by atoms with Crippen molar-refractivity contribution in [3.63, 3.8) is 0 Å². The van der Waals surface area contributed by atoms with Gasteiger partial charge in [0.15, 0.2) is 0 Å². The molecule has 0 radical (unpaired) electrons. The summed E-state index contributed by atoms with van der Waals surface area (Å²) in [5.41, 5.74) is 0.352. The van der Waals surface area contributed by atoms with Crippen LogP contribution in [0.2, 0.25) is 0 Å². The number of hydrogen-bond acceptors (Lipinski definition) is 3. The number of rotatable bonds is 6. The predicted octanol–water partition coefficient (Wildman–Crippen LogP) is 3.45. The van der Waals surface area contributed by atoms with Crippen LogP contribution < -0.4 is 0 Å². The molecule has 0 rings (SSSR count). The molecular weight excluding hydrogens is 176 g/mol. The Bertz CT molecular complexity index is 111. The first-order valence-electron chi connectivity index (χ1n) is 3.39. The van der Waals surface area contributed by atoms with Crippen molar-refractivity contribution in [3.8, 4) is 0 Å². The summed E-state index contributed by atoms with van der Waals surface area (Å²) in [6.45, 7) is 11.2. The van der Waals surface area contributed by atoms with Crippen molar-refractivity contribution >= 4 is 23.5 Å². The van der Waals surface area contributed by atoms with Gasteiger partial charge in [0.05, 0.1) is 0 Å². The summed E-state index contributed by atoms with van der Waals surface area (Å²) in [7, 11) is 0. The Balaban J connectivity index is 3.46. The van der Waals surface area contributed by atoms with E-state index in [-0.39, 0.29) is 10.9 Å². The van der Waals surface area contributed by atoms with Gasteiger partial charge >= 0.3 is 0 Å². The Morgan fingerprint density at radius 2 is 1.45 bits per heavy atom. The molecule has 0 heterocycles. The zero-order valence-corrected chi connectivity index (χ0v) is 8.58. The van der Waals surface area contributed by atoms with Gasteiger partial charge in [0.2, 0.25) is 0 Å². The highest BCUT2D eigenvalue weighted by Gasteiger charge is 2.05. The largest absolute Gasteiger partial charge is 0.354 e. The van der Waals surface area contributed by atoms with E-state index in [4.69, 9.17) is 4.74 Å². The lowest BCUT2D eigenvalue weighted by molar-refractivity contribution is 0.115. The van der Waals surface area contributed by atoms with Crippen molar-refractivity contribution in [1.82, 2.24) is 0 Å². The van der Waals surface area contributed by atoms with Gasteiger partial charge < -0.3 is 4.74 Å². The molecule has 0 aliphatic heterocycles. The molecular formula is C8H14OS2. The topological polar surface area (TPSA) is 9.23 Å². The van der Waals surface area contributed by atoms with Crippen LogP contribution in [0.4, 0.5) is 0 Å². The van der Waals surface area contributed by atoms with Gasteiger partial charge in [0.25, 0.3) is 0 Å². The summed E-state index contributed by atoms with van der Waals surface area (Å²) in [5, 5.41) is 3.58. The fourth-order valence-corrected chi connectivity index (χ4v) is 1.68. The van der Waals surface area contributed by atoms with E-state index in [2.05, 4.69) is 13.2 Å². The first-order chi connectivity index (χ1) is 5.20. The Morgan fingerprint density at radius 3 is 1.73 bits per heavy atom. The lowest BCUT2D eigenvalue weighted by atomic mass is 10.8. The third-order valence-electron chi connectivity index (χ3n) is 0.959. The van der Waals surface area contributed by atoms with Crippen LogP contribution in [-0.2, 0) is 4.74 Å². The van der Waals surface area contributed by atoms with Crippen molar-refractivity contribution in [1.29, 1.82) is 0 Å². The molecule has 11 heavy (non-hydrogen) atoms. The summed E-state index contributed by atoms with van der Waals surface area (Å²) >= 11 is 3.16. The fraction of sp³-hybridized carbons (Fsp3) is 0.500. The molecule has 2 unspecified atom stereocenters. The van der Waals surface area contributed by atoms with Gasteiger partial charge in [-0.05, 0) is 24.7 Å². The van der Waals surface area contributed by atoms with Crippen LogP contribution >= 0.6 is 23.5 Å². The van der Waals surface area contributed by atoms with Gasteiger partial charge in [0.1, 0.15) is 10.9 Å². The maximum atomic E-state index is 5.51. The Morgan fingerprint density at radius 1 is 1.09 bits per heavy atom. The van der Waals surface area contributed by atoms with Crippen LogP contribution in [0.3, 0.4) is 0 Å². The van der Waals surface area contributed by atoms with Crippen LogP contribution in [-0.4, -0.2) is 10.9 Å². The Hall–Kier alpha value is 0.140. The minimum Gasteiger partial charge on any atom is -0.354 e. The molecule has 0 spiro atoms. The second kappa shape index (κ2) is 6.83. The zero-order valence-electron chi connectivity index (χ0n) is 6.95. The number of thioether (sulfide) groups is 2. The zero-order chi connectivity index (χ0) is 8.69. The highest BCUT2D eigenvalue weighted by atomic mass is 32.2. The molecule has 0 aromatic heterocycles. The average Bonchev–Trinajstić information content (AvgIpc) is 1.87. The normalized spacial score (nSPS) is 15.5. The van der Waals surface area contributed by atoms with Gasteiger partial charge in [-0.1, -0.05) is 13.2 Å². The maximum Gasteiger partial charge on any atom is 0.105 e. The Labute approximate surface area is 77.3 Å². The molecule has 0 saturated heterocycles. The van der Waals surface area contributed by atoms with E-state index in [9.17, 15) is 0 Å². The first-order valence-corrected chi connectivity index (χ1v) is 5.27. The van der Waals surface area contributed by atoms with E-state index in [0.717, 1.165) is 0 Å². The van der Waals surface area contributed by atoms with Crippen LogP contribution in [0.1, 0.15) is 13.8 Å². The van der Waals surface area contributed by atoms with Gasteiger partial charge in [-0.25, -0.2) is 0 Å². The quantitative estimate of drug-likeness (QED) is 0.594. The summed E-state index contributed by atoms with van der Waals surface area (Å²) in [6.07, 6.45) is 0. The van der Waals surface area contributed by atoms with Gasteiger partial charge in [-0.15, -0.1) is 23.5 Å². The van der Waals surface area contributed by atoms with Crippen molar-refractivity contribution in [2.24, 2.45) is 0 Å². The van der Waals surface area contributed by atoms with Crippen LogP contribution in [0.5, 0.6) is 0 Å². The summed E-state index contributed by atoms with van der Waals surface area (Å²) in [5.74, 6) is 0. The van der Waals surface area contributed by atoms with Crippen molar-refractivity contribution in [3.05, 3.63) is 24.0 Å². The average molecular weight is 190 g/mol. The molecule has 0 N–H and O–H groups in total. The molecule has 0 amide bonds. The third kappa shape index (κ3) is 6.53. The molecule has 0 aromatic carbocycles. The first kappa shape index (κ1) is 11.1. The second-order valence-electron chi connectivity index (χ2n) is 1.88. The van der Waals surface area contributed by atoms with Gasteiger partial charge in [0, 0.05) is 0 Å². The maximum absolute atomic E-state index is 5.51. The second-order valence-corrected chi connectivity index (χ2v) is 4.42. The molecule has 2 atom stereocenters. The van der Waals surface area contributed by atoms with Crippen LogP contribution in [0.25, 0.3) is 0 Å². The Kier molecular flexibility index (Phi) is 6.91. The van der Waals surface area contributed by atoms with Crippen molar-refractivity contribution in [2.45, 2.75) is 24.7 Å². The van der Waals surface area contributed by atoms with E-state index in [0.29, 0.717) is 0 Å². The molecule has 0 aliphatic rings. The number of hydrogen-bond donors (Lipinski definition) is 0. The lowest BCUT2D eigenvalue weighted by Gasteiger charge is -2.14. The standard InChI is InChI=1S/C8H14OS2/c1-5-10-7(3)9-8(4)11-6-2/h5-8H,1-2H2,3-4H3. The molecule has 0 fully saturated rings. The van der Waals surface area contributed by atoms with E-state index >= 15 is 0 Å². The molecule has 0 aromatic rings. The van der Waals surface area contributed by atoms with Gasteiger partial charge in [-0.2, -0.15) is 0 Å². The molecule has 0 aliphatic carbocycles. The molecule has 0 saturated carbocycles.